The quantitative estimate of drug-likeness (QED) is 0.654. The van der Waals surface area contributed by atoms with Crippen molar-refractivity contribution in [2.75, 3.05) is 46.4 Å². The summed E-state index contributed by atoms with van der Waals surface area (Å²) in [7, 11) is -2.04. The normalized spacial score (nSPS) is 16.1. The number of ether oxygens (including phenoxy) is 2. The molecule has 152 valence electrons. The van der Waals surface area contributed by atoms with Gasteiger partial charge < -0.3 is 9.47 Å². The van der Waals surface area contributed by atoms with Crippen LogP contribution in [-0.4, -0.2) is 64.1 Å². The van der Waals surface area contributed by atoms with Crippen LogP contribution in [0.2, 0.25) is 10.0 Å². The number of nitrogens with zero attached hydrogens (tertiary/aromatic N) is 2. The summed E-state index contributed by atoms with van der Waals surface area (Å²) in [6.07, 6.45) is 0. The Labute approximate surface area is 175 Å². The Morgan fingerprint density at radius 3 is 2.25 bits per heavy atom. The predicted octanol–water partition coefficient (Wildman–Crippen LogP) is 3.39. The van der Waals surface area contributed by atoms with E-state index >= 15 is 0 Å². The van der Waals surface area contributed by atoms with Crippen LogP contribution in [0.1, 0.15) is 0 Å². The van der Waals surface area contributed by atoms with Gasteiger partial charge in [-0.25, -0.2) is 8.42 Å². The molecule has 0 N–H and O–H groups in total. The second-order valence-electron chi connectivity index (χ2n) is 6.32. The Hall–Kier alpha value is -1.51. The number of methoxy groups -OCH3 is 1. The zero-order chi connectivity index (χ0) is 20.1. The van der Waals surface area contributed by atoms with E-state index in [0.29, 0.717) is 32.8 Å². The van der Waals surface area contributed by atoms with Gasteiger partial charge in [-0.15, -0.1) is 0 Å². The summed E-state index contributed by atoms with van der Waals surface area (Å²) in [5.41, 5.74) is 0. The molecule has 3 rings (SSSR count). The molecule has 0 unspecified atom stereocenters. The van der Waals surface area contributed by atoms with Gasteiger partial charge in [0.15, 0.2) is 0 Å². The lowest BCUT2D eigenvalue weighted by Gasteiger charge is -2.34. The molecular formula is C19H22Cl2N2O4S. The maximum atomic E-state index is 12.8. The summed E-state index contributed by atoms with van der Waals surface area (Å²) in [4.78, 5) is 2.23. The van der Waals surface area contributed by atoms with Crippen molar-refractivity contribution < 1.29 is 17.9 Å². The highest BCUT2D eigenvalue weighted by Gasteiger charge is 2.30. The molecule has 2 aromatic carbocycles. The van der Waals surface area contributed by atoms with E-state index < -0.39 is 10.0 Å². The zero-order valence-electron chi connectivity index (χ0n) is 15.5. The van der Waals surface area contributed by atoms with Crippen molar-refractivity contribution >= 4 is 33.2 Å². The molecular weight excluding hydrogens is 423 g/mol. The van der Waals surface area contributed by atoms with Crippen molar-refractivity contribution in [3.63, 3.8) is 0 Å². The van der Waals surface area contributed by atoms with E-state index in [9.17, 15) is 8.42 Å². The van der Waals surface area contributed by atoms with Crippen LogP contribution in [0.4, 0.5) is 0 Å². The molecule has 0 amide bonds. The Morgan fingerprint density at radius 1 is 0.964 bits per heavy atom. The molecule has 9 heteroatoms. The number of halogens is 2. The van der Waals surface area contributed by atoms with Gasteiger partial charge in [-0.1, -0.05) is 29.3 Å². The topological polar surface area (TPSA) is 59.1 Å². The van der Waals surface area contributed by atoms with Crippen molar-refractivity contribution in [1.29, 1.82) is 0 Å². The van der Waals surface area contributed by atoms with Crippen LogP contribution >= 0.6 is 23.2 Å². The molecule has 1 aliphatic heterocycles. The van der Waals surface area contributed by atoms with Gasteiger partial charge in [0.25, 0.3) is 0 Å². The monoisotopic (exact) mass is 444 g/mol. The fourth-order valence-electron chi connectivity index (χ4n) is 2.98. The molecule has 1 fully saturated rings. The third-order valence-corrected chi connectivity index (χ3v) is 7.47. The molecule has 0 saturated carbocycles. The summed E-state index contributed by atoms with van der Waals surface area (Å²) >= 11 is 12.1. The maximum absolute atomic E-state index is 12.8. The minimum absolute atomic E-state index is 0.0537. The molecule has 1 heterocycles. The lowest BCUT2D eigenvalue weighted by Crippen LogP contribution is -2.49. The summed E-state index contributed by atoms with van der Waals surface area (Å²) in [5, 5.41) is 0.302. The highest BCUT2D eigenvalue weighted by atomic mass is 35.5. The summed E-state index contributed by atoms with van der Waals surface area (Å²) in [5.74, 6) is 1.56. The van der Waals surface area contributed by atoms with Crippen molar-refractivity contribution in [2.24, 2.45) is 0 Å². The molecule has 0 atom stereocenters. The number of piperazine rings is 1. The summed E-state index contributed by atoms with van der Waals surface area (Å²) in [6.45, 7) is 3.30. The molecule has 6 nitrogen and oxygen atoms in total. The largest absolute Gasteiger partial charge is 0.497 e. The molecule has 0 aliphatic carbocycles. The Morgan fingerprint density at radius 2 is 1.61 bits per heavy atom. The van der Waals surface area contributed by atoms with Crippen LogP contribution < -0.4 is 9.47 Å². The van der Waals surface area contributed by atoms with Crippen LogP contribution in [0, 0.1) is 0 Å². The Balaban J connectivity index is 1.50. The smallest absolute Gasteiger partial charge is 0.244 e. The van der Waals surface area contributed by atoms with Crippen molar-refractivity contribution in [2.45, 2.75) is 4.90 Å². The third-order valence-electron chi connectivity index (χ3n) is 4.60. The summed E-state index contributed by atoms with van der Waals surface area (Å²) in [6, 6.07) is 12.1. The van der Waals surface area contributed by atoms with E-state index in [1.807, 2.05) is 24.3 Å². The molecule has 1 aliphatic rings. The fraction of sp³-hybridized carbons (Fsp3) is 0.368. The van der Waals surface area contributed by atoms with Crippen molar-refractivity contribution in [3.8, 4) is 11.5 Å². The highest BCUT2D eigenvalue weighted by Crippen LogP contribution is 2.31. The Kier molecular flexibility index (Phi) is 7.06. The van der Waals surface area contributed by atoms with Crippen molar-refractivity contribution in [1.82, 2.24) is 9.21 Å². The lowest BCUT2D eigenvalue weighted by atomic mass is 10.3. The van der Waals surface area contributed by atoms with Gasteiger partial charge in [0.05, 0.1) is 17.2 Å². The fourth-order valence-corrected chi connectivity index (χ4v) is 5.14. The van der Waals surface area contributed by atoms with Crippen LogP contribution in [0.5, 0.6) is 11.5 Å². The number of hydrogen-bond donors (Lipinski definition) is 0. The molecule has 0 aromatic heterocycles. The first-order valence-electron chi connectivity index (χ1n) is 8.85. The molecule has 0 radical (unpaired) electrons. The number of hydrogen-bond acceptors (Lipinski definition) is 5. The number of sulfonamides is 1. The zero-order valence-corrected chi connectivity index (χ0v) is 17.8. The second kappa shape index (κ2) is 9.33. The van der Waals surface area contributed by atoms with Crippen LogP contribution in [0.3, 0.4) is 0 Å². The van der Waals surface area contributed by atoms with E-state index in [2.05, 4.69) is 4.90 Å². The third kappa shape index (κ3) is 4.90. The average Bonchev–Trinajstić information content (AvgIpc) is 2.71. The molecule has 28 heavy (non-hydrogen) atoms. The van der Waals surface area contributed by atoms with Gasteiger partial charge in [-0.3, -0.25) is 4.90 Å². The van der Waals surface area contributed by atoms with Crippen LogP contribution in [0.15, 0.2) is 47.4 Å². The Bertz CT molecular complexity index is 899. The van der Waals surface area contributed by atoms with E-state index in [-0.39, 0.29) is 14.9 Å². The first-order chi connectivity index (χ1) is 13.4. The second-order valence-corrected chi connectivity index (χ2v) is 9.01. The first kappa shape index (κ1) is 21.2. The minimum Gasteiger partial charge on any atom is -0.497 e. The highest BCUT2D eigenvalue weighted by molar-refractivity contribution is 7.89. The van der Waals surface area contributed by atoms with Gasteiger partial charge in [-0.2, -0.15) is 4.31 Å². The van der Waals surface area contributed by atoms with Crippen LogP contribution in [-0.2, 0) is 10.0 Å². The maximum Gasteiger partial charge on any atom is 0.244 e. The van der Waals surface area contributed by atoms with E-state index in [1.165, 1.54) is 10.4 Å². The van der Waals surface area contributed by atoms with Gasteiger partial charge in [0.1, 0.15) is 23.0 Å². The molecule has 1 saturated heterocycles. The van der Waals surface area contributed by atoms with Crippen molar-refractivity contribution in [3.05, 3.63) is 52.5 Å². The SMILES string of the molecule is COc1ccc(OCCN2CCN(S(=O)(=O)c3cccc(Cl)c3Cl)CC2)cc1. The first-order valence-corrected chi connectivity index (χ1v) is 11.0. The number of benzene rings is 2. The standard InChI is InChI=1S/C19H22Cl2N2O4S/c1-26-15-5-7-16(8-6-15)27-14-13-22-9-11-23(12-10-22)28(24,25)18-4-2-3-17(20)19(18)21/h2-8H,9-14H2,1H3. The average molecular weight is 445 g/mol. The van der Waals surface area contributed by atoms with E-state index in [0.717, 1.165) is 18.0 Å². The van der Waals surface area contributed by atoms with E-state index in [4.69, 9.17) is 32.7 Å². The predicted molar refractivity (Wildman–Crippen MR) is 110 cm³/mol. The minimum atomic E-state index is -3.66. The molecule has 0 bridgehead atoms. The summed E-state index contributed by atoms with van der Waals surface area (Å²) < 4.78 is 38.0. The molecule has 0 spiro atoms. The molecule has 2 aromatic rings. The number of rotatable bonds is 7. The lowest BCUT2D eigenvalue weighted by molar-refractivity contribution is 0.159. The van der Waals surface area contributed by atoms with Gasteiger partial charge in [-0.05, 0) is 36.4 Å². The van der Waals surface area contributed by atoms with Gasteiger partial charge in [0.2, 0.25) is 10.0 Å². The van der Waals surface area contributed by atoms with E-state index in [1.54, 1.807) is 19.2 Å². The van der Waals surface area contributed by atoms with Gasteiger partial charge in [0, 0.05) is 32.7 Å². The van der Waals surface area contributed by atoms with Crippen LogP contribution in [0.25, 0.3) is 0 Å². The van der Waals surface area contributed by atoms with Gasteiger partial charge >= 0.3 is 0 Å².